The molecule has 164 valence electrons. The zero-order valence-corrected chi connectivity index (χ0v) is 18.1. The van der Waals surface area contributed by atoms with Crippen LogP contribution >= 0.6 is 0 Å². The summed E-state index contributed by atoms with van der Waals surface area (Å²) in [5.74, 6) is 0.211. The van der Waals surface area contributed by atoms with E-state index in [1.165, 1.54) is 12.4 Å². The number of aliphatic hydroxyl groups is 1. The first-order valence-electron chi connectivity index (χ1n) is 10.6. The molecule has 0 aromatic carbocycles. The van der Waals surface area contributed by atoms with Crippen LogP contribution in [0.5, 0.6) is 0 Å². The van der Waals surface area contributed by atoms with E-state index in [0.29, 0.717) is 18.1 Å². The van der Waals surface area contributed by atoms with Crippen molar-refractivity contribution in [3.05, 3.63) is 42.1 Å². The SMILES string of the molecule is Cc1nn(-c2ncc(C(=O)NC3CCC(OCC(C)(C)O)CC3)cn2)c2cnccc12. The van der Waals surface area contributed by atoms with Crippen molar-refractivity contribution in [2.75, 3.05) is 6.61 Å². The topological polar surface area (TPSA) is 115 Å². The van der Waals surface area contributed by atoms with Crippen LogP contribution in [-0.2, 0) is 4.74 Å². The summed E-state index contributed by atoms with van der Waals surface area (Å²) in [4.78, 5) is 25.5. The predicted octanol–water partition coefficient (Wildman–Crippen LogP) is 2.35. The molecule has 0 unspecified atom stereocenters. The highest BCUT2D eigenvalue weighted by atomic mass is 16.5. The van der Waals surface area contributed by atoms with Gasteiger partial charge in [0.2, 0.25) is 0 Å². The van der Waals surface area contributed by atoms with Crippen molar-refractivity contribution in [1.82, 2.24) is 30.0 Å². The van der Waals surface area contributed by atoms with Gasteiger partial charge in [-0.1, -0.05) is 0 Å². The van der Waals surface area contributed by atoms with E-state index < -0.39 is 5.60 Å². The molecule has 1 saturated carbocycles. The molecule has 1 fully saturated rings. The van der Waals surface area contributed by atoms with Crippen LogP contribution in [0.2, 0.25) is 0 Å². The van der Waals surface area contributed by atoms with Crippen molar-refractivity contribution in [3.8, 4) is 5.95 Å². The van der Waals surface area contributed by atoms with Gasteiger partial charge < -0.3 is 15.2 Å². The number of nitrogens with zero attached hydrogens (tertiary/aromatic N) is 5. The van der Waals surface area contributed by atoms with Crippen LogP contribution in [0.4, 0.5) is 0 Å². The lowest BCUT2D eigenvalue weighted by atomic mass is 9.92. The van der Waals surface area contributed by atoms with Crippen LogP contribution in [0.15, 0.2) is 30.9 Å². The number of aryl methyl sites for hydroxylation is 1. The van der Waals surface area contributed by atoms with Gasteiger partial charge in [-0.3, -0.25) is 9.78 Å². The second-order valence-electron chi connectivity index (χ2n) is 8.73. The molecule has 1 amide bonds. The third-order valence-corrected chi connectivity index (χ3v) is 5.44. The zero-order valence-electron chi connectivity index (χ0n) is 18.1. The molecule has 0 saturated heterocycles. The van der Waals surface area contributed by atoms with Crippen LogP contribution in [0.3, 0.4) is 0 Å². The standard InChI is InChI=1S/C22H28N6O3/c1-14-18-8-9-23-12-19(18)28(27-14)21-24-10-15(11-25-21)20(29)26-16-4-6-17(7-5-16)31-13-22(2,3)30/h8-12,16-17,30H,4-7,13H2,1-3H3,(H,26,29). The van der Waals surface area contributed by atoms with Crippen molar-refractivity contribution < 1.29 is 14.6 Å². The summed E-state index contributed by atoms with van der Waals surface area (Å²) in [7, 11) is 0. The molecule has 0 spiro atoms. The Bertz CT molecular complexity index is 1050. The van der Waals surface area contributed by atoms with Crippen molar-refractivity contribution in [1.29, 1.82) is 0 Å². The molecule has 3 heterocycles. The summed E-state index contributed by atoms with van der Waals surface area (Å²) in [5.41, 5.74) is 1.27. The van der Waals surface area contributed by atoms with Gasteiger partial charge in [0.25, 0.3) is 11.9 Å². The van der Waals surface area contributed by atoms with Gasteiger partial charge in [0.1, 0.15) is 0 Å². The van der Waals surface area contributed by atoms with E-state index in [0.717, 1.165) is 42.3 Å². The molecule has 0 bridgehead atoms. The third kappa shape index (κ3) is 5.05. The summed E-state index contributed by atoms with van der Waals surface area (Å²) in [6, 6.07) is 2.00. The smallest absolute Gasteiger partial charge is 0.254 e. The van der Waals surface area contributed by atoms with Crippen molar-refractivity contribution in [3.63, 3.8) is 0 Å². The highest BCUT2D eigenvalue weighted by molar-refractivity contribution is 5.93. The summed E-state index contributed by atoms with van der Waals surface area (Å²) >= 11 is 0. The molecule has 3 aromatic rings. The number of hydrogen-bond acceptors (Lipinski definition) is 7. The second-order valence-corrected chi connectivity index (χ2v) is 8.73. The molecule has 4 rings (SSSR count). The van der Waals surface area contributed by atoms with Gasteiger partial charge in [-0.05, 0) is 52.5 Å². The monoisotopic (exact) mass is 424 g/mol. The maximum atomic E-state index is 12.6. The molecule has 0 aliphatic heterocycles. The molecule has 3 aromatic heterocycles. The Morgan fingerprint density at radius 3 is 2.61 bits per heavy atom. The van der Waals surface area contributed by atoms with E-state index in [4.69, 9.17) is 4.74 Å². The zero-order chi connectivity index (χ0) is 22.0. The minimum atomic E-state index is -0.825. The molecular weight excluding hydrogens is 396 g/mol. The van der Waals surface area contributed by atoms with Gasteiger partial charge in [-0.2, -0.15) is 9.78 Å². The number of rotatable bonds is 6. The van der Waals surface area contributed by atoms with E-state index in [2.05, 4.69) is 25.4 Å². The molecule has 0 atom stereocenters. The fourth-order valence-corrected chi connectivity index (χ4v) is 3.78. The van der Waals surface area contributed by atoms with E-state index in [1.54, 1.807) is 30.9 Å². The molecular formula is C22H28N6O3. The number of aromatic nitrogens is 5. The largest absolute Gasteiger partial charge is 0.388 e. The lowest BCUT2D eigenvalue weighted by Crippen LogP contribution is -2.40. The van der Waals surface area contributed by atoms with Crippen molar-refractivity contribution in [2.24, 2.45) is 0 Å². The van der Waals surface area contributed by atoms with Crippen molar-refractivity contribution >= 4 is 16.8 Å². The van der Waals surface area contributed by atoms with Crippen LogP contribution in [-0.4, -0.2) is 60.1 Å². The van der Waals surface area contributed by atoms with Gasteiger partial charge >= 0.3 is 0 Å². The Hall–Kier alpha value is -2.91. The maximum absolute atomic E-state index is 12.6. The van der Waals surface area contributed by atoms with Crippen LogP contribution < -0.4 is 5.32 Å². The quantitative estimate of drug-likeness (QED) is 0.624. The Balaban J connectivity index is 1.35. The number of amides is 1. The third-order valence-electron chi connectivity index (χ3n) is 5.44. The number of ether oxygens (including phenoxy) is 1. The minimum absolute atomic E-state index is 0.0953. The summed E-state index contributed by atoms with van der Waals surface area (Å²) < 4.78 is 7.41. The first-order chi connectivity index (χ1) is 14.8. The van der Waals surface area contributed by atoms with Crippen LogP contribution in [0.25, 0.3) is 16.9 Å². The van der Waals surface area contributed by atoms with Gasteiger partial charge in [0, 0.05) is 30.0 Å². The number of hydrogen-bond donors (Lipinski definition) is 2. The van der Waals surface area contributed by atoms with Crippen molar-refractivity contribution in [2.45, 2.75) is 64.2 Å². The molecule has 9 nitrogen and oxygen atoms in total. The number of carbonyl (C=O) groups excluding carboxylic acids is 1. The summed E-state index contributed by atoms with van der Waals surface area (Å²) in [6.07, 6.45) is 10.0. The number of fused-ring (bicyclic) bond motifs is 1. The van der Waals surface area contributed by atoms with Gasteiger partial charge in [-0.25, -0.2) is 9.97 Å². The average Bonchev–Trinajstić information content (AvgIpc) is 3.10. The molecule has 31 heavy (non-hydrogen) atoms. The summed E-state index contributed by atoms with van der Waals surface area (Å²) in [5, 5.41) is 18.3. The Morgan fingerprint density at radius 1 is 1.23 bits per heavy atom. The normalized spacial score (nSPS) is 19.5. The van der Waals surface area contributed by atoms with E-state index in [1.807, 2.05) is 13.0 Å². The first-order valence-corrected chi connectivity index (χ1v) is 10.6. The molecule has 1 aliphatic rings. The number of nitrogens with one attached hydrogen (secondary N) is 1. The minimum Gasteiger partial charge on any atom is -0.388 e. The van der Waals surface area contributed by atoms with Crippen LogP contribution in [0.1, 0.15) is 55.6 Å². The number of carbonyl (C=O) groups is 1. The Labute approximate surface area is 180 Å². The van der Waals surface area contributed by atoms with Gasteiger partial charge in [0.05, 0.1) is 41.3 Å². The highest BCUT2D eigenvalue weighted by Gasteiger charge is 2.25. The fourth-order valence-electron chi connectivity index (χ4n) is 3.78. The maximum Gasteiger partial charge on any atom is 0.254 e. The van der Waals surface area contributed by atoms with E-state index >= 15 is 0 Å². The molecule has 9 heteroatoms. The lowest BCUT2D eigenvalue weighted by Gasteiger charge is -2.30. The van der Waals surface area contributed by atoms with Gasteiger partial charge in [-0.15, -0.1) is 0 Å². The second kappa shape index (κ2) is 8.68. The van der Waals surface area contributed by atoms with E-state index in [-0.39, 0.29) is 18.1 Å². The Morgan fingerprint density at radius 2 is 1.94 bits per heavy atom. The molecule has 1 aliphatic carbocycles. The average molecular weight is 425 g/mol. The fraction of sp³-hybridized carbons (Fsp3) is 0.500. The first kappa shape index (κ1) is 21.3. The van der Waals surface area contributed by atoms with E-state index in [9.17, 15) is 9.90 Å². The number of pyridine rings is 1. The molecule has 0 radical (unpaired) electrons. The van der Waals surface area contributed by atoms with Crippen LogP contribution in [0, 0.1) is 6.92 Å². The lowest BCUT2D eigenvalue weighted by molar-refractivity contribution is -0.0640. The Kier molecular flexibility index (Phi) is 5.97. The predicted molar refractivity (Wildman–Crippen MR) is 115 cm³/mol. The summed E-state index contributed by atoms with van der Waals surface area (Å²) in [6.45, 7) is 5.71. The highest BCUT2D eigenvalue weighted by Crippen LogP contribution is 2.23. The van der Waals surface area contributed by atoms with Gasteiger partial charge in [0.15, 0.2) is 0 Å². The molecule has 2 N–H and O–H groups in total.